The molecule has 112 valence electrons. The van der Waals surface area contributed by atoms with Crippen LogP contribution in [0.3, 0.4) is 0 Å². The predicted molar refractivity (Wildman–Crippen MR) is 75.8 cm³/mol. The standard InChI is InChI=1S/C15H18N2O4/c1-15(2,3)21-14(20)17-9-12(13(18)19)11-6-4-5-10(7-11)8-16/h4-7,12H,9H2,1-3H3,(H,17,20)(H,18,19). The molecule has 0 heterocycles. The summed E-state index contributed by atoms with van der Waals surface area (Å²) in [6, 6.07) is 8.25. The van der Waals surface area contributed by atoms with Crippen LogP contribution in [0.5, 0.6) is 0 Å². The molecule has 1 atom stereocenters. The summed E-state index contributed by atoms with van der Waals surface area (Å²) in [6.45, 7) is 5.05. The van der Waals surface area contributed by atoms with Crippen molar-refractivity contribution < 1.29 is 19.4 Å². The molecule has 0 aliphatic rings. The lowest BCUT2D eigenvalue weighted by atomic mass is 9.97. The average Bonchev–Trinajstić information content (AvgIpc) is 2.36. The smallest absolute Gasteiger partial charge is 0.407 e. The maximum atomic E-state index is 11.6. The molecule has 1 amide bonds. The van der Waals surface area contributed by atoms with Crippen LogP contribution in [0.2, 0.25) is 0 Å². The van der Waals surface area contributed by atoms with Gasteiger partial charge in [0.25, 0.3) is 0 Å². The molecular weight excluding hydrogens is 272 g/mol. The molecule has 0 radical (unpaired) electrons. The van der Waals surface area contributed by atoms with Gasteiger partial charge in [-0.3, -0.25) is 4.79 Å². The first-order chi connectivity index (χ1) is 9.73. The van der Waals surface area contributed by atoms with Crippen LogP contribution >= 0.6 is 0 Å². The van der Waals surface area contributed by atoms with Crippen molar-refractivity contribution in [3.05, 3.63) is 35.4 Å². The lowest BCUT2D eigenvalue weighted by Gasteiger charge is -2.21. The van der Waals surface area contributed by atoms with E-state index in [1.54, 1.807) is 39.0 Å². The van der Waals surface area contributed by atoms with Crippen molar-refractivity contribution in [2.45, 2.75) is 32.3 Å². The molecule has 0 aliphatic carbocycles. The number of benzene rings is 1. The van der Waals surface area contributed by atoms with Crippen LogP contribution in [0.4, 0.5) is 4.79 Å². The second-order valence-corrected chi connectivity index (χ2v) is 5.51. The van der Waals surface area contributed by atoms with E-state index in [1.807, 2.05) is 6.07 Å². The van der Waals surface area contributed by atoms with Gasteiger partial charge in [0.05, 0.1) is 17.6 Å². The summed E-state index contributed by atoms with van der Waals surface area (Å²) in [6.07, 6.45) is -0.676. The van der Waals surface area contributed by atoms with E-state index in [2.05, 4.69) is 5.32 Å². The van der Waals surface area contributed by atoms with Crippen molar-refractivity contribution in [3.8, 4) is 6.07 Å². The molecule has 1 unspecified atom stereocenters. The van der Waals surface area contributed by atoms with Gasteiger partial charge in [0.2, 0.25) is 0 Å². The number of hydrogen-bond donors (Lipinski definition) is 2. The monoisotopic (exact) mass is 290 g/mol. The summed E-state index contributed by atoms with van der Waals surface area (Å²) in [7, 11) is 0. The highest BCUT2D eigenvalue weighted by molar-refractivity contribution is 5.78. The summed E-state index contributed by atoms with van der Waals surface area (Å²) in [5.74, 6) is -2.02. The average molecular weight is 290 g/mol. The van der Waals surface area contributed by atoms with E-state index < -0.39 is 23.6 Å². The first kappa shape index (κ1) is 16.5. The molecule has 6 nitrogen and oxygen atoms in total. The quantitative estimate of drug-likeness (QED) is 0.886. The Hall–Kier alpha value is -2.55. The van der Waals surface area contributed by atoms with Crippen LogP contribution in [-0.2, 0) is 9.53 Å². The Morgan fingerprint density at radius 2 is 2.10 bits per heavy atom. The molecule has 0 spiro atoms. The van der Waals surface area contributed by atoms with Gasteiger partial charge in [0.1, 0.15) is 5.60 Å². The molecule has 0 fully saturated rings. The molecule has 6 heteroatoms. The Labute approximate surface area is 123 Å². The maximum absolute atomic E-state index is 11.6. The van der Waals surface area contributed by atoms with Crippen LogP contribution in [0.1, 0.15) is 37.8 Å². The highest BCUT2D eigenvalue weighted by Gasteiger charge is 2.23. The number of ether oxygens (including phenoxy) is 1. The number of rotatable bonds is 4. The van der Waals surface area contributed by atoms with Crippen LogP contribution in [-0.4, -0.2) is 29.3 Å². The van der Waals surface area contributed by atoms with Gasteiger partial charge in [0, 0.05) is 6.54 Å². The third-order valence-electron chi connectivity index (χ3n) is 2.57. The van der Waals surface area contributed by atoms with Crippen molar-refractivity contribution in [2.24, 2.45) is 0 Å². The minimum atomic E-state index is -1.08. The Balaban J connectivity index is 2.77. The van der Waals surface area contributed by atoms with Crippen LogP contribution in [0.25, 0.3) is 0 Å². The number of amides is 1. The fourth-order valence-electron chi connectivity index (χ4n) is 1.67. The van der Waals surface area contributed by atoms with Crippen LogP contribution < -0.4 is 5.32 Å². The number of nitriles is 1. The van der Waals surface area contributed by atoms with Gasteiger partial charge in [0.15, 0.2) is 0 Å². The molecule has 2 N–H and O–H groups in total. The summed E-state index contributed by atoms with van der Waals surface area (Å²) >= 11 is 0. The number of carbonyl (C=O) groups is 2. The van der Waals surface area contributed by atoms with Crippen molar-refractivity contribution >= 4 is 12.1 Å². The summed E-state index contributed by atoms with van der Waals surface area (Å²) in [4.78, 5) is 22.9. The minimum absolute atomic E-state index is 0.112. The molecular formula is C15H18N2O4. The second-order valence-electron chi connectivity index (χ2n) is 5.51. The van der Waals surface area contributed by atoms with Gasteiger partial charge in [-0.2, -0.15) is 5.26 Å². The Morgan fingerprint density at radius 3 is 2.62 bits per heavy atom. The number of carboxylic acid groups (broad SMARTS) is 1. The van der Waals surface area contributed by atoms with Crippen molar-refractivity contribution in [1.29, 1.82) is 5.26 Å². The molecule has 1 aromatic rings. The number of alkyl carbamates (subject to hydrolysis) is 1. The first-order valence-corrected chi connectivity index (χ1v) is 6.42. The van der Waals surface area contributed by atoms with E-state index in [4.69, 9.17) is 10.00 Å². The molecule has 1 aromatic carbocycles. The highest BCUT2D eigenvalue weighted by Crippen LogP contribution is 2.17. The zero-order chi connectivity index (χ0) is 16.0. The third kappa shape index (κ3) is 5.53. The van der Waals surface area contributed by atoms with E-state index in [0.29, 0.717) is 11.1 Å². The zero-order valence-corrected chi connectivity index (χ0v) is 12.2. The van der Waals surface area contributed by atoms with Gasteiger partial charge in [-0.15, -0.1) is 0 Å². The number of carboxylic acids is 1. The lowest BCUT2D eigenvalue weighted by Crippen LogP contribution is -2.36. The number of hydrogen-bond acceptors (Lipinski definition) is 4. The van der Waals surface area contributed by atoms with Crippen molar-refractivity contribution in [3.63, 3.8) is 0 Å². The number of nitrogens with zero attached hydrogens (tertiary/aromatic N) is 1. The SMILES string of the molecule is CC(C)(C)OC(=O)NCC(C(=O)O)c1cccc(C#N)c1. The Morgan fingerprint density at radius 1 is 1.43 bits per heavy atom. The van der Waals surface area contributed by atoms with Gasteiger partial charge < -0.3 is 15.2 Å². The summed E-state index contributed by atoms with van der Waals surface area (Å²) in [5, 5.41) is 20.5. The van der Waals surface area contributed by atoms with Gasteiger partial charge >= 0.3 is 12.1 Å². The number of nitrogens with one attached hydrogen (secondary N) is 1. The topological polar surface area (TPSA) is 99.4 Å². The van der Waals surface area contributed by atoms with E-state index in [-0.39, 0.29) is 6.54 Å². The minimum Gasteiger partial charge on any atom is -0.481 e. The Bertz CT molecular complexity index is 570. The molecule has 0 saturated heterocycles. The predicted octanol–water partition coefficient (Wildman–Crippen LogP) is 2.25. The molecule has 0 aliphatic heterocycles. The Kier molecular flexibility index (Phi) is 5.30. The zero-order valence-electron chi connectivity index (χ0n) is 12.2. The van der Waals surface area contributed by atoms with Gasteiger partial charge in [-0.25, -0.2) is 4.79 Å². The van der Waals surface area contributed by atoms with E-state index in [1.165, 1.54) is 6.07 Å². The third-order valence-corrected chi connectivity index (χ3v) is 2.57. The van der Waals surface area contributed by atoms with Crippen molar-refractivity contribution in [1.82, 2.24) is 5.32 Å². The second kappa shape index (κ2) is 6.75. The van der Waals surface area contributed by atoms with Crippen LogP contribution in [0.15, 0.2) is 24.3 Å². The van der Waals surface area contributed by atoms with Gasteiger partial charge in [-0.05, 0) is 38.5 Å². The highest BCUT2D eigenvalue weighted by atomic mass is 16.6. The molecule has 0 aromatic heterocycles. The summed E-state index contributed by atoms with van der Waals surface area (Å²) in [5.41, 5.74) is 0.178. The van der Waals surface area contributed by atoms with Crippen LogP contribution in [0, 0.1) is 11.3 Å². The number of carbonyl (C=O) groups excluding carboxylic acids is 1. The molecule has 21 heavy (non-hydrogen) atoms. The lowest BCUT2D eigenvalue weighted by molar-refractivity contribution is -0.138. The maximum Gasteiger partial charge on any atom is 0.407 e. The fourth-order valence-corrected chi connectivity index (χ4v) is 1.67. The van der Waals surface area contributed by atoms with Crippen molar-refractivity contribution in [2.75, 3.05) is 6.54 Å². The normalized spacial score (nSPS) is 12.1. The first-order valence-electron chi connectivity index (χ1n) is 6.42. The van der Waals surface area contributed by atoms with Gasteiger partial charge in [-0.1, -0.05) is 12.1 Å². The largest absolute Gasteiger partial charge is 0.481 e. The fraction of sp³-hybridized carbons (Fsp3) is 0.400. The van der Waals surface area contributed by atoms with E-state index in [0.717, 1.165) is 0 Å². The summed E-state index contributed by atoms with van der Waals surface area (Å²) < 4.78 is 5.05. The number of aliphatic carboxylic acids is 1. The molecule has 0 saturated carbocycles. The molecule has 0 bridgehead atoms. The van der Waals surface area contributed by atoms with E-state index >= 15 is 0 Å². The molecule has 1 rings (SSSR count). The van der Waals surface area contributed by atoms with E-state index in [9.17, 15) is 14.7 Å².